The Bertz CT molecular complexity index is 894. The molecular weight excluding hydrogens is 356 g/mol. The van der Waals surface area contributed by atoms with Gasteiger partial charge in [0.25, 0.3) is 5.91 Å². The van der Waals surface area contributed by atoms with Crippen molar-refractivity contribution in [3.63, 3.8) is 0 Å². The Morgan fingerprint density at radius 2 is 2.11 bits per heavy atom. The SMILES string of the molecule is C=CC(=O)N(Cc1cccc(COC)c1)C(C)c1ccc2c(c1)NC(=O)CO2. The number of rotatable bonds is 7. The molecule has 2 aromatic carbocycles. The molecule has 0 fully saturated rings. The van der Waals surface area contributed by atoms with Crippen molar-refractivity contribution in [2.24, 2.45) is 0 Å². The van der Waals surface area contributed by atoms with Gasteiger partial charge in [0.2, 0.25) is 5.91 Å². The van der Waals surface area contributed by atoms with E-state index in [0.717, 1.165) is 16.7 Å². The molecule has 1 heterocycles. The van der Waals surface area contributed by atoms with Gasteiger partial charge in [0.1, 0.15) is 5.75 Å². The lowest BCUT2D eigenvalue weighted by atomic mass is 10.0. The molecule has 0 saturated heterocycles. The first-order chi connectivity index (χ1) is 13.5. The zero-order valence-electron chi connectivity index (χ0n) is 16.1. The number of hydrogen-bond acceptors (Lipinski definition) is 4. The second-order valence-electron chi connectivity index (χ2n) is 6.69. The van der Waals surface area contributed by atoms with Crippen molar-refractivity contribution in [1.82, 2.24) is 4.90 Å². The van der Waals surface area contributed by atoms with Crippen molar-refractivity contribution in [2.75, 3.05) is 19.0 Å². The van der Waals surface area contributed by atoms with E-state index >= 15 is 0 Å². The molecule has 0 radical (unpaired) electrons. The van der Waals surface area contributed by atoms with Crippen LogP contribution in [0.25, 0.3) is 0 Å². The Labute approximate surface area is 164 Å². The molecule has 1 unspecified atom stereocenters. The van der Waals surface area contributed by atoms with Crippen LogP contribution in [-0.2, 0) is 27.5 Å². The fourth-order valence-electron chi connectivity index (χ4n) is 3.24. The number of nitrogens with zero attached hydrogens (tertiary/aromatic N) is 1. The van der Waals surface area contributed by atoms with Crippen LogP contribution in [0.2, 0.25) is 0 Å². The summed E-state index contributed by atoms with van der Waals surface area (Å²) in [7, 11) is 1.65. The van der Waals surface area contributed by atoms with Gasteiger partial charge in [-0.25, -0.2) is 0 Å². The van der Waals surface area contributed by atoms with Crippen LogP contribution in [0, 0.1) is 0 Å². The minimum absolute atomic E-state index is 0.0147. The minimum atomic E-state index is -0.222. The highest BCUT2D eigenvalue weighted by atomic mass is 16.5. The van der Waals surface area contributed by atoms with Crippen LogP contribution in [0.3, 0.4) is 0 Å². The number of hydrogen-bond donors (Lipinski definition) is 1. The molecule has 146 valence electrons. The minimum Gasteiger partial charge on any atom is -0.482 e. The maximum absolute atomic E-state index is 12.6. The number of nitrogens with one attached hydrogen (secondary N) is 1. The van der Waals surface area contributed by atoms with Gasteiger partial charge in [-0.05, 0) is 41.8 Å². The quantitative estimate of drug-likeness (QED) is 0.747. The summed E-state index contributed by atoms with van der Waals surface area (Å²) in [5.41, 5.74) is 3.57. The Balaban J connectivity index is 1.86. The van der Waals surface area contributed by atoms with Gasteiger partial charge in [-0.1, -0.05) is 36.9 Å². The molecule has 0 spiro atoms. The number of carbonyl (C=O) groups excluding carboxylic acids is 2. The first-order valence-corrected chi connectivity index (χ1v) is 9.08. The Kier molecular flexibility index (Phi) is 6.11. The summed E-state index contributed by atoms with van der Waals surface area (Å²) in [5.74, 6) is 0.276. The fourth-order valence-corrected chi connectivity index (χ4v) is 3.24. The average Bonchev–Trinajstić information content (AvgIpc) is 2.71. The monoisotopic (exact) mass is 380 g/mol. The van der Waals surface area contributed by atoms with E-state index in [9.17, 15) is 9.59 Å². The summed E-state index contributed by atoms with van der Waals surface area (Å²) in [6, 6.07) is 13.3. The summed E-state index contributed by atoms with van der Waals surface area (Å²) in [4.78, 5) is 25.9. The largest absolute Gasteiger partial charge is 0.482 e. The van der Waals surface area contributed by atoms with Crippen LogP contribution in [0.1, 0.15) is 29.7 Å². The Hall–Kier alpha value is -3.12. The van der Waals surface area contributed by atoms with Crippen molar-refractivity contribution in [1.29, 1.82) is 0 Å². The van der Waals surface area contributed by atoms with Crippen molar-refractivity contribution >= 4 is 17.5 Å². The molecule has 28 heavy (non-hydrogen) atoms. The van der Waals surface area contributed by atoms with Crippen LogP contribution in [-0.4, -0.2) is 30.4 Å². The van der Waals surface area contributed by atoms with Crippen LogP contribution in [0.15, 0.2) is 55.1 Å². The molecule has 2 amide bonds. The number of ether oxygens (including phenoxy) is 2. The highest BCUT2D eigenvalue weighted by Crippen LogP contribution is 2.33. The first-order valence-electron chi connectivity index (χ1n) is 9.08. The molecule has 0 aromatic heterocycles. The van der Waals surface area contributed by atoms with Crippen molar-refractivity contribution in [3.8, 4) is 5.75 Å². The van der Waals surface area contributed by atoms with E-state index in [2.05, 4.69) is 11.9 Å². The van der Waals surface area contributed by atoms with Gasteiger partial charge < -0.3 is 19.7 Å². The molecular formula is C22H24N2O4. The summed E-state index contributed by atoms with van der Waals surface area (Å²) >= 11 is 0. The van der Waals surface area contributed by atoms with E-state index < -0.39 is 0 Å². The third-order valence-corrected chi connectivity index (χ3v) is 4.70. The van der Waals surface area contributed by atoms with Crippen LogP contribution in [0.4, 0.5) is 5.69 Å². The van der Waals surface area contributed by atoms with Gasteiger partial charge in [0.05, 0.1) is 18.3 Å². The third kappa shape index (κ3) is 4.40. The van der Waals surface area contributed by atoms with E-state index in [1.54, 1.807) is 12.0 Å². The number of fused-ring (bicyclic) bond motifs is 1. The van der Waals surface area contributed by atoms with Crippen LogP contribution in [0.5, 0.6) is 5.75 Å². The lowest BCUT2D eigenvalue weighted by molar-refractivity contribution is -0.128. The predicted molar refractivity (Wildman–Crippen MR) is 107 cm³/mol. The molecule has 6 nitrogen and oxygen atoms in total. The average molecular weight is 380 g/mol. The second kappa shape index (κ2) is 8.71. The van der Waals surface area contributed by atoms with E-state index in [1.807, 2.05) is 49.4 Å². The van der Waals surface area contributed by atoms with Crippen molar-refractivity contribution in [2.45, 2.75) is 26.1 Å². The topological polar surface area (TPSA) is 67.9 Å². The molecule has 2 aromatic rings. The summed E-state index contributed by atoms with van der Waals surface area (Å²) in [6.07, 6.45) is 1.32. The predicted octanol–water partition coefficient (Wildman–Crippen LogP) is 3.44. The van der Waals surface area contributed by atoms with E-state index in [1.165, 1.54) is 6.08 Å². The molecule has 1 atom stereocenters. The summed E-state index contributed by atoms with van der Waals surface area (Å²) in [5, 5.41) is 2.81. The highest BCUT2D eigenvalue weighted by Gasteiger charge is 2.23. The maximum Gasteiger partial charge on any atom is 0.262 e. The van der Waals surface area contributed by atoms with Gasteiger partial charge >= 0.3 is 0 Å². The standard InChI is InChI=1S/C22H24N2O4/c1-4-22(26)24(12-16-6-5-7-17(10-16)13-27-3)15(2)18-8-9-20-19(11-18)23-21(25)14-28-20/h4-11,15H,1,12-14H2,2-3H3,(H,23,25). The molecule has 0 saturated carbocycles. The molecule has 0 aliphatic carbocycles. The lowest BCUT2D eigenvalue weighted by Crippen LogP contribution is -2.32. The number of anilines is 1. The van der Waals surface area contributed by atoms with Crippen molar-refractivity contribution < 1.29 is 19.1 Å². The van der Waals surface area contributed by atoms with Gasteiger partial charge in [-0.15, -0.1) is 0 Å². The van der Waals surface area contributed by atoms with E-state index in [4.69, 9.17) is 9.47 Å². The third-order valence-electron chi connectivity index (χ3n) is 4.70. The van der Waals surface area contributed by atoms with E-state index in [-0.39, 0.29) is 24.5 Å². The van der Waals surface area contributed by atoms with E-state index in [0.29, 0.717) is 24.6 Å². The van der Waals surface area contributed by atoms with Gasteiger partial charge in [-0.2, -0.15) is 0 Å². The number of amides is 2. The lowest BCUT2D eigenvalue weighted by Gasteiger charge is -2.30. The fraction of sp³-hybridized carbons (Fsp3) is 0.273. The van der Waals surface area contributed by atoms with Gasteiger partial charge in [0, 0.05) is 13.7 Å². The molecule has 1 N–H and O–H groups in total. The number of carbonyl (C=O) groups is 2. The maximum atomic E-state index is 12.6. The van der Waals surface area contributed by atoms with Gasteiger partial charge in [0.15, 0.2) is 6.61 Å². The van der Waals surface area contributed by atoms with Crippen LogP contribution < -0.4 is 10.1 Å². The number of methoxy groups -OCH3 is 1. The highest BCUT2D eigenvalue weighted by molar-refractivity contribution is 5.95. The Morgan fingerprint density at radius 1 is 1.32 bits per heavy atom. The molecule has 1 aliphatic heterocycles. The normalized spacial score (nSPS) is 13.7. The summed E-state index contributed by atoms with van der Waals surface area (Å²) in [6.45, 7) is 6.56. The first kappa shape index (κ1) is 19.6. The molecule has 0 bridgehead atoms. The zero-order chi connectivity index (χ0) is 20.1. The Morgan fingerprint density at radius 3 is 2.86 bits per heavy atom. The van der Waals surface area contributed by atoms with Gasteiger partial charge in [-0.3, -0.25) is 9.59 Å². The molecule has 6 heteroatoms. The summed E-state index contributed by atoms with van der Waals surface area (Å²) < 4.78 is 10.6. The smallest absolute Gasteiger partial charge is 0.262 e. The van der Waals surface area contributed by atoms with Crippen molar-refractivity contribution in [3.05, 3.63) is 71.8 Å². The molecule has 1 aliphatic rings. The second-order valence-corrected chi connectivity index (χ2v) is 6.69. The zero-order valence-corrected chi connectivity index (χ0v) is 16.1. The number of benzene rings is 2. The van der Waals surface area contributed by atoms with Crippen LogP contribution >= 0.6 is 0 Å². The molecule has 3 rings (SSSR count).